The average molecular weight is 2450 g/mol. The molecule has 146 heavy (non-hydrogen) atoms. The maximum Gasteiger partial charge on any atom is 0.339 e. The minimum atomic E-state index is -3.53. The van der Waals surface area contributed by atoms with Crippen molar-refractivity contribution in [2.45, 2.75) is 175 Å². The van der Waals surface area contributed by atoms with Crippen molar-refractivity contribution in [2.24, 2.45) is 0 Å². The van der Waals surface area contributed by atoms with Gasteiger partial charge in [0.25, 0.3) is 22.2 Å². The predicted octanol–water partition coefficient (Wildman–Crippen LogP) is 21.9. The van der Waals surface area contributed by atoms with E-state index in [1.165, 1.54) is 31.3 Å². The highest BCUT2D eigenvalue weighted by atomic mass is 127. The van der Waals surface area contributed by atoms with E-state index in [0.29, 0.717) is 129 Å². The molecule has 8 heterocycles. The summed E-state index contributed by atoms with van der Waals surface area (Å²) in [5.74, 6) is -2.14. The zero-order valence-electron chi connectivity index (χ0n) is 81.8. The number of nitrogens with two attached hydrogens (primary N) is 1. The van der Waals surface area contributed by atoms with E-state index in [1.54, 1.807) is 123 Å². The normalized spacial score (nSPS) is 13.5. The number of aliphatic hydroxyl groups excluding tert-OH is 1. The molecule has 24 nitrogen and oxygen atoms in total. The lowest BCUT2D eigenvalue weighted by Gasteiger charge is -2.19. The second-order valence-electron chi connectivity index (χ2n) is 38.2. The molecule has 0 aliphatic heterocycles. The Morgan fingerprint density at radius 1 is 0.404 bits per heavy atom. The number of benzene rings is 8. The molecule has 2 amide bonds. The number of rotatable bonds is 24. The highest BCUT2D eigenvalue weighted by Crippen LogP contribution is 2.46. The van der Waals surface area contributed by atoms with Crippen LogP contribution in [0.4, 0.5) is 33.7 Å². The van der Waals surface area contributed by atoms with E-state index in [2.05, 4.69) is 72.8 Å². The summed E-state index contributed by atoms with van der Waals surface area (Å²) in [5.41, 5.74) is 20.0. The summed E-state index contributed by atoms with van der Waals surface area (Å²) < 4.78 is 118. The van der Waals surface area contributed by atoms with Gasteiger partial charge in [0, 0.05) is 163 Å². The van der Waals surface area contributed by atoms with Crippen molar-refractivity contribution in [3.63, 3.8) is 0 Å². The molecule has 5 N–H and O–H groups in total. The number of nitrogens with one attached hydrogen (secondary N) is 2. The maximum absolute atomic E-state index is 14.9. The first kappa shape index (κ1) is 105. The lowest BCUT2D eigenvalue weighted by atomic mass is 9.94. The number of anilines is 2. The Morgan fingerprint density at radius 3 is 1.05 bits per heavy atom. The summed E-state index contributed by atoms with van der Waals surface area (Å²) in [5, 5.41) is 15.6. The fourth-order valence-electron chi connectivity index (χ4n) is 19.5. The third-order valence-electron chi connectivity index (χ3n) is 27.4. The zero-order valence-corrected chi connectivity index (χ0v) is 91.3. The molecular formula is C113H104F4I4N8O16S. The van der Waals surface area contributed by atoms with Crippen LogP contribution >= 0.6 is 90.4 Å². The molecule has 8 aromatic carbocycles. The minimum absolute atomic E-state index is 0.00360. The van der Waals surface area contributed by atoms with Crippen LogP contribution in [0.1, 0.15) is 187 Å². The lowest BCUT2D eigenvalue weighted by Crippen LogP contribution is -2.26. The largest absolute Gasteiger partial charge is 0.422 e. The highest BCUT2D eigenvalue weighted by molar-refractivity contribution is 14.1. The Hall–Kier alpha value is -12.0. The van der Waals surface area contributed by atoms with Crippen LogP contribution < -0.4 is 61.1 Å². The molecule has 33 heteroatoms. The van der Waals surface area contributed by atoms with Crippen LogP contribution in [0.25, 0.3) is 77.3 Å². The fourth-order valence-corrected chi connectivity index (χ4v) is 22.4. The number of nitrogens with zero attached hydrogens (tertiary/aromatic N) is 5. The molecule has 754 valence electrons. The van der Waals surface area contributed by atoms with Crippen molar-refractivity contribution in [3.8, 4) is 33.4 Å². The molecule has 4 saturated carbocycles. The fraction of sp³-hybridized carbons (Fsp3) is 0.283. The first-order chi connectivity index (χ1) is 69.6. The van der Waals surface area contributed by atoms with E-state index in [-0.39, 0.29) is 140 Å². The van der Waals surface area contributed by atoms with Gasteiger partial charge in [-0.05, 0) is 374 Å². The Kier molecular flexibility index (Phi) is 31.3. The number of hydrogen-bond donors (Lipinski definition) is 4. The molecule has 0 unspecified atom stereocenters. The van der Waals surface area contributed by atoms with Gasteiger partial charge < -0.3 is 62.3 Å². The van der Waals surface area contributed by atoms with Crippen molar-refractivity contribution in [3.05, 3.63) is 402 Å². The molecule has 0 atom stereocenters. The molecule has 4 aliphatic rings. The van der Waals surface area contributed by atoms with Crippen LogP contribution in [0, 0.1) is 92.9 Å². The van der Waals surface area contributed by atoms with Crippen LogP contribution in [0.5, 0.6) is 0 Å². The van der Waals surface area contributed by atoms with Gasteiger partial charge in [-0.2, -0.15) is 0 Å². The van der Waals surface area contributed by atoms with Crippen LogP contribution in [0.3, 0.4) is 0 Å². The van der Waals surface area contributed by atoms with Crippen LogP contribution in [0.2, 0.25) is 0 Å². The van der Waals surface area contributed by atoms with Crippen LogP contribution in [-0.2, 0) is 54.2 Å². The Balaban J connectivity index is 0.000000133. The molecule has 0 saturated heterocycles. The summed E-state index contributed by atoms with van der Waals surface area (Å²) >= 11 is 8.19. The van der Waals surface area contributed by atoms with Crippen LogP contribution in [0.15, 0.2) is 226 Å². The number of fused-ring (bicyclic) bond motifs is 4. The first-order valence-corrected chi connectivity index (χ1v) is 53.9. The topological polar surface area (TPSA) is 334 Å². The quantitative estimate of drug-likeness (QED) is 0.0248. The number of aliphatic hydroxyl groups is 1. The third kappa shape index (κ3) is 22.3. The number of nitrogen functional groups attached to an aromatic ring is 1. The van der Waals surface area contributed by atoms with Crippen molar-refractivity contribution in [1.82, 2.24) is 28.5 Å². The molecule has 4 fully saturated rings. The summed E-state index contributed by atoms with van der Waals surface area (Å²) in [6, 6.07) is 49.4. The van der Waals surface area contributed by atoms with Gasteiger partial charge in [0.2, 0.25) is 0 Å². The molecular weight excluding hydrogens is 2340 g/mol. The number of halogens is 8. The number of urea groups is 1. The van der Waals surface area contributed by atoms with Crippen LogP contribution in [-0.4, -0.2) is 76.2 Å². The highest BCUT2D eigenvalue weighted by Gasteiger charge is 2.38. The molecule has 4 aliphatic carbocycles. The molecule has 8 aromatic heterocycles. The van der Waals surface area contributed by atoms with Crippen molar-refractivity contribution >= 4 is 161 Å². The van der Waals surface area contributed by atoms with Crippen molar-refractivity contribution < 1.29 is 53.5 Å². The van der Waals surface area contributed by atoms with Gasteiger partial charge in [-0.1, -0.05) is 84.9 Å². The Morgan fingerprint density at radius 2 is 0.719 bits per heavy atom. The number of hydrogen-bond acceptors (Lipinski definition) is 18. The van der Waals surface area contributed by atoms with Crippen molar-refractivity contribution in [1.29, 1.82) is 0 Å². The summed E-state index contributed by atoms with van der Waals surface area (Å²) in [6.45, 7) is 14.2. The summed E-state index contributed by atoms with van der Waals surface area (Å²) in [6.07, 6.45) is 8.01. The molecule has 0 radical (unpaired) electrons. The molecule has 20 rings (SSSR count). The van der Waals surface area contributed by atoms with E-state index in [0.717, 1.165) is 111 Å². The predicted molar refractivity (Wildman–Crippen MR) is 596 cm³/mol. The maximum atomic E-state index is 14.9. The molecule has 0 bridgehead atoms. The van der Waals surface area contributed by atoms with Gasteiger partial charge in [0.05, 0.1) is 39.7 Å². The number of aromatic nitrogens is 4. The van der Waals surface area contributed by atoms with Gasteiger partial charge in [-0.15, -0.1) is 0 Å². The number of sulfone groups is 1. The number of carbonyl (C=O) groups excluding carboxylic acids is 1. The SMILES string of the molecule is CNC(=O)Nc1cccc(-c2c(C)n(C3CC3)c(=O)c3c(Cc4ccc(I)cc4F)c(C)c(=O)oc23)c1.Cc1c(Cc2ccc(I)cc2F)c2c(=O)n(C3CC3)c(C)c(-c3cccc(CN(C)C)c3)c2oc1=O.Cc1c(Cc2ccc(I)cc2F)c2c(=O)n(C3CC3)c(C)c(-c3cccc(CS(=O)(=O)CCO)c3)c2oc1=O.Cc1c(Cc2ccc(I)cc2F)c2c(=O)n(C3CC3)c(C)c(Cc3cccc(N)c3)c2oc1=O. The van der Waals surface area contributed by atoms with Gasteiger partial charge in [0.15, 0.2) is 26.6 Å². The van der Waals surface area contributed by atoms with E-state index >= 15 is 0 Å². The van der Waals surface area contributed by atoms with E-state index in [4.69, 9.17) is 28.5 Å². The third-order valence-corrected chi connectivity index (χ3v) is 31.7. The number of carbonyl (C=O) groups is 1. The zero-order chi connectivity index (χ0) is 104. The van der Waals surface area contributed by atoms with Gasteiger partial charge in [-0.25, -0.2) is 50.0 Å². The Labute approximate surface area is 891 Å². The number of pyridine rings is 4. The van der Waals surface area contributed by atoms with Gasteiger partial charge in [-0.3, -0.25) is 19.2 Å². The first-order valence-electron chi connectivity index (χ1n) is 47.8. The second-order valence-corrected chi connectivity index (χ2v) is 45.3. The smallest absolute Gasteiger partial charge is 0.339 e. The summed E-state index contributed by atoms with van der Waals surface area (Å²) in [7, 11) is 2.02. The standard InChI is InChI=1S/C29H28FIN2O3.C29H27FINO6S.C28H25FIN3O4.C27H24FIN2O3/c1-16-23(13-19-8-9-21(31)14-24(19)30)26-27(36-29(16)35)25(17(2)33(28(26)34)22-10-11-22)20-7-5-6-18(12-20)15-32(3)4;1-16-23(13-19-6-7-21(31)14-24(19)30)26-27(38-29(16)35)25(17(2)32(28(26)34)22-8-9-22)20-5-3-4-18(12-20)15-39(36,37)11-10-33;1-14-21(12-16-7-8-18(30)13-22(16)29)24-25(37-27(14)35)23(15(2)33(26(24)34)20-9-10-20)17-5-4-6-19(11-17)32-28(36)31-3;1-14-21(12-17-6-7-18(29)13-23(17)28)24-25(34-27(14)33)22(11-16-4-3-5-19(30)10-16)15(2)31(26(24)32)20-8-9-20/h5-9,12,14,22H,10-11,13,15H2,1-4H3;3-7,12,14,22,33H,8-11,13,15H2,1-2H3;4-8,11,13,20H,9-10,12H2,1-3H3,(H2,31,32,36);3-7,10,13,20H,8-9,11-12,30H2,1-2H3. The van der Waals surface area contributed by atoms with E-state index in [1.807, 2.05) is 144 Å². The van der Waals surface area contributed by atoms with E-state index in [9.17, 15) is 69.1 Å². The minimum Gasteiger partial charge on any atom is -0.422 e. The molecule has 0 spiro atoms. The van der Waals surface area contributed by atoms with E-state index < -0.39 is 50.6 Å². The molecule has 16 aromatic rings. The average Bonchev–Trinajstić information content (AvgIpc) is 1.08. The van der Waals surface area contributed by atoms with Gasteiger partial charge >= 0.3 is 28.5 Å². The van der Waals surface area contributed by atoms with Crippen molar-refractivity contribution in [2.75, 3.05) is 44.6 Å². The second kappa shape index (κ2) is 43.4. The number of amides is 2. The Bertz CT molecular complexity index is 8710. The summed E-state index contributed by atoms with van der Waals surface area (Å²) in [4.78, 5) is 122. The monoisotopic (exact) mass is 2440 g/mol. The van der Waals surface area contributed by atoms with Gasteiger partial charge in [0.1, 0.15) is 28.9 Å². The lowest BCUT2D eigenvalue weighted by molar-refractivity contribution is 0.254.